The van der Waals surface area contributed by atoms with Crippen LogP contribution in [0.2, 0.25) is 0 Å². The number of rotatable bonds is 1. The van der Waals surface area contributed by atoms with Gasteiger partial charge in [0.15, 0.2) is 0 Å². The van der Waals surface area contributed by atoms with Crippen molar-refractivity contribution in [3.8, 4) is 0 Å². The minimum Gasteiger partial charge on any atom is -0.373 e. The molecule has 0 unspecified atom stereocenters. The summed E-state index contributed by atoms with van der Waals surface area (Å²) in [5.41, 5.74) is 0. The molecule has 0 aliphatic carbocycles. The highest BCUT2D eigenvalue weighted by Crippen LogP contribution is 2.13. The van der Waals surface area contributed by atoms with Gasteiger partial charge in [0, 0.05) is 19.1 Å². The minimum atomic E-state index is 0.798. The minimum absolute atomic E-state index is 0.798. The molecule has 2 aliphatic heterocycles. The number of hydrogen-bond donors (Lipinski definition) is 1. The first-order valence-corrected chi connectivity index (χ1v) is 4.85. The number of ether oxygens (including phenoxy) is 1. The van der Waals surface area contributed by atoms with Gasteiger partial charge in [0.05, 0.1) is 13.2 Å². The van der Waals surface area contributed by atoms with Crippen LogP contribution in [0.15, 0.2) is 0 Å². The predicted molar refractivity (Wildman–Crippen MR) is 47.7 cm³/mol. The fraction of sp³-hybridized carbons (Fsp3) is 0.889. The maximum atomic E-state index is 5.21. The Hall–Kier alpha value is -0.120. The van der Waals surface area contributed by atoms with Gasteiger partial charge >= 0.3 is 0 Å². The molecule has 0 saturated carbocycles. The van der Waals surface area contributed by atoms with Crippen LogP contribution in [0.1, 0.15) is 12.8 Å². The Kier molecular flexibility index (Phi) is 2.98. The summed E-state index contributed by atoms with van der Waals surface area (Å²) in [5, 5.41) is 3.39. The molecule has 2 saturated heterocycles. The summed E-state index contributed by atoms with van der Waals surface area (Å²) in [5.74, 6) is 0. The van der Waals surface area contributed by atoms with Gasteiger partial charge in [-0.05, 0) is 25.9 Å². The van der Waals surface area contributed by atoms with Crippen molar-refractivity contribution in [2.24, 2.45) is 0 Å². The molecule has 3 heteroatoms. The largest absolute Gasteiger partial charge is 0.373 e. The quantitative estimate of drug-likeness (QED) is 0.608. The lowest BCUT2D eigenvalue weighted by Gasteiger charge is -2.36. The van der Waals surface area contributed by atoms with E-state index in [9.17, 15) is 0 Å². The summed E-state index contributed by atoms with van der Waals surface area (Å²) in [6.07, 6.45) is 2.60. The highest BCUT2D eigenvalue weighted by atomic mass is 16.5. The van der Waals surface area contributed by atoms with Gasteiger partial charge in [-0.3, -0.25) is 4.90 Å². The van der Waals surface area contributed by atoms with Crippen LogP contribution < -0.4 is 5.32 Å². The summed E-state index contributed by atoms with van der Waals surface area (Å²) in [6, 6.07) is 0.798. The fourth-order valence-corrected chi connectivity index (χ4v) is 2.00. The summed E-state index contributed by atoms with van der Waals surface area (Å²) in [6.45, 7) is 7.31. The van der Waals surface area contributed by atoms with Crippen molar-refractivity contribution in [1.29, 1.82) is 0 Å². The number of nitrogens with zero attached hydrogens (tertiary/aromatic N) is 1. The molecule has 2 rings (SSSR count). The molecule has 12 heavy (non-hydrogen) atoms. The Morgan fingerprint density at radius 2 is 2.17 bits per heavy atom. The SMILES string of the molecule is [CH]1CN(C2CCNCC2)CCO1. The van der Waals surface area contributed by atoms with Crippen LogP contribution in [-0.2, 0) is 4.74 Å². The van der Waals surface area contributed by atoms with Crippen LogP contribution in [0.4, 0.5) is 0 Å². The highest BCUT2D eigenvalue weighted by Gasteiger charge is 2.22. The lowest BCUT2D eigenvalue weighted by atomic mass is 10.0. The predicted octanol–water partition coefficient (Wildman–Crippen LogP) is 0.232. The van der Waals surface area contributed by atoms with Gasteiger partial charge in [0.1, 0.15) is 0 Å². The van der Waals surface area contributed by atoms with Crippen molar-refractivity contribution in [2.75, 3.05) is 32.8 Å². The second-order valence-electron chi connectivity index (χ2n) is 3.51. The van der Waals surface area contributed by atoms with Crippen molar-refractivity contribution in [3.05, 3.63) is 6.61 Å². The molecular formula is C9H17N2O. The first kappa shape index (κ1) is 8.48. The van der Waals surface area contributed by atoms with Gasteiger partial charge < -0.3 is 10.1 Å². The van der Waals surface area contributed by atoms with E-state index in [0.717, 1.165) is 25.7 Å². The molecule has 2 aliphatic rings. The molecule has 0 amide bonds. The molecule has 0 aromatic heterocycles. The smallest absolute Gasteiger partial charge is 0.0976 e. The zero-order valence-corrected chi connectivity index (χ0v) is 7.46. The Labute approximate surface area is 74.1 Å². The van der Waals surface area contributed by atoms with Crippen molar-refractivity contribution in [1.82, 2.24) is 10.2 Å². The molecular weight excluding hydrogens is 152 g/mol. The third-order valence-electron chi connectivity index (χ3n) is 2.75. The van der Waals surface area contributed by atoms with Crippen LogP contribution in [0, 0.1) is 6.61 Å². The normalized spacial score (nSPS) is 29.0. The van der Waals surface area contributed by atoms with E-state index in [1.54, 1.807) is 0 Å². The highest BCUT2D eigenvalue weighted by molar-refractivity contribution is 4.81. The zero-order chi connectivity index (χ0) is 8.23. The van der Waals surface area contributed by atoms with Gasteiger partial charge in [-0.25, -0.2) is 0 Å². The Balaban J connectivity index is 1.80. The summed E-state index contributed by atoms with van der Waals surface area (Å²) >= 11 is 0. The third kappa shape index (κ3) is 1.97. The number of piperidine rings is 1. The fourth-order valence-electron chi connectivity index (χ4n) is 2.00. The average Bonchev–Trinajstić information content (AvgIpc) is 2.21. The van der Waals surface area contributed by atoms with E-state index >= 15 is 0 Å². The van der Waals surface area contributed by atoms with Crippen molar-refractivity contribution < 1.29 is 4.74 Å². The maximum absolute atomic E-state index is 5.21. The van der Waals surface area contributed by atoms with Crippen LogP contribution in [0.25, 0.3) is 0 Å². The molecule has 1 radical (unpaired) electrons. The van der Waals surface area contributed by atoms with Gasteiger partial charge in [0.2, 0.25) is 0 Å². The number of morpholine rings is 1. The zero-order valence-electron chi connectivity index (χ0n) is 7.46. The first-order valence-electron chi connectivity index (χ1n) is 4.85. The molecule has 0 aromatic carbocycles. The molecule has 2 fully saturated rings. The molecule has 0 atom stereocenters. The summed E-state index contributed by atoms with van der Waals surface area (Å²) in [7, 11) is 0. The van der Waals surface area contributed by atoms with E-state index in [4.69, 9.17) is 4.74 Å². The van der Waals surface area contributed by atoms with Crippen LogP contribution in [0.5, 0.6) is 0 Å². The Morgan fingerprint density at radius 3 is 2.83 bits per heavy atom. The standard InChI is InChI=1S/C9H17N2O/c1-3-10-4-2-9(1)11-5-7-12-8-6-11/h7,9-10H,1-6,8H2. The molecule has 3 nitrogen and oxygen atoms in total. The first-order chi connectivity index (χ1) is 5.97. The molecule has 1 N–H and O–H groups in total. The topological polar surface area (TPSA) is 24.5 Å². The summed E-state index contributed by atoms with van der Waals surface area (Å²) in [4.78, 5) is 2.53. The van der Waals surface area contributed by atoms with Crippen molar-refractivity contribution in [3.63, 3.8) is 0 Å². The third-order valence-corrected chi connectivity index (χ3v) is 2.75. The van der Waals surface area contributed by atoms with Crippen LogP contribution in [-0.4, -0.2) is 43.7 Å². The lowest BCUT2D eigenvalue weighted by Crippen LogP contribution is -2.46. The molecule has 0 aromatic rings. The van der Waals surface area contributed by atoms with Crippen molar-refractivity contribution >= 4 is 0 Å². The molecule has 0 bridgehead atoms. The van der Waals surface area contributed by atoms with Gasteiger partial charge in [-0.15, -0.1) is 0 Å². The van der Waals surface area contributed by atoms with E-state index < -0.39 is 0 Å². The van der Waals surface area contributed by atoms with Crippen molar-refractivity contribution in [2.45, 2.75) is 18.9 Å². The molecule has 2 heterocycles. The monoisotopic (exact) mass is 169 g/mol. The van der Waals surface area contributed by atoms with E-state index in [1.165, 1.54) is 25.9 Å². The second kappa shape index (κ2) is 4.21. The maximum Gasteiger partial charge on any atom is 0.0976 e. The summed E-state index contributed by atoms with van der Waals surface area (Å²) < 4.78 is 5.21. The molecule has 69 valence electrons. The van der Waals surface area contributed by atoms with Crippen LogP contribution in [0.3, 0.4) is 0 Å². The van der Waals surface area contributed by atoms with Gasteiger partial charge in [-0.1, -0.05) is 0 Å². The number of nitrogens with one attached hydrogen (secondary N) is 1. The van der Waals surface area contributed by atoms with Gasteiger partial charge in [0.25, 0.3) is 0 Å². The second-order valence-corrected chi connectivity index (χ2v) is 3.51. The Morgan fingerprint density at radius 1 is 1.33 bits per heavy atom. The van der Waals surface area contributed by atoms with E-state index in [1.807, 2.05) is 6.61 Å². The van der Waals surface area contributed by atoms with E-state index in [2.05, 4.69) is 10.2 Å². The Bertz CT molecular complexity index is 112. The average molecular weight is 169 g/mol. The van der Waals surface area contributed by atoms with Gasteiger partial charge in [-0.2, -0.15) is 0 Å². The number of hydrogen-bond acceptors (Lipinski definition) is 3. The van der Waals surface area contributed by atoms with E-state index in [0.29, 0.717) is 0 Å². The lowest BCUT2D eigenvalue weighted by molar-refractivity contribution is 0.0492. The molecule has 0 spiro atoms. The van der Waals surface area contributed by atoms with Crippen LogP contribution >= 0.6 is 0 Å². The van der Waals surface area contributed by atoms with E-state index in [-0.39, 0.29) is 0 Å².